The van der Waals surface area contributed by atoms with Crippen molar-refractivity contribution in [2.45, 2.75) is 32.6 Å². The van der Waals surface area contributed by atoms with Crippen molar-refractivity contribution < 1.29 is 12.8 Å². The van der Waals surface area contributed by atoms with E-state index in [1.54, 1.807) is 6.92 Å². The Labute approximate surface area is 114 Å². The zero-order valence-corrected chi connectivity index (χ0v) is 12.8. The van der Waals surface area contributed by atoms with E-state index in [1.165, 1.54) is 24.3 Å². The van der Waals surface area contributed by atoms with Crippen molar-refractivity contribution in [3.05, 3.63) is 23.0 Å². The third-order valence-corrected chi connectivity index (χ3v) is 5.11. The Morgan fingerprint density at radius 3 is 2.37 bits per heavy atom. The Morgan fingerprint density at radius 2 is 1.89 bits per heavy atom. The Kier molecular flexibility index (Phi) is 4.58. The van der Waals surface area contributed by atoms with Crippen LogP contribution in [-0.4, -0.2) is 26.3 Å². The van der Waals surface area contributed by atoms with Gasteiger partial charge in [-0.3, -0.25) is 0 Å². The minimum atomic E-state index is -3.65. The van der Waals surface area contributed by atoms with Crippen LogP contribution in [-0.2, 0) is 10.0 Å². The van der Waals surface area contributed by atoms with Crippen molar-refractivity contribution in [1.82, 2.24) is 4.31 Å². The summed E-state index contributed by atoms with van der Waals surface area (Å²) < 4.78 is 39.8. The molecule has 4 nitrogen and oxygen atoms in total. The summed E-state index contributed by atoms with van der Waals surface area (Å²) in [6.07, 6.45) is 0. The van der Waals surface area contributed by atoms with E-state index in [4.69, 9.17) is 5.73 Å². The molecule has 0 fully saturated rings. The summed E-state index contributed by atoms with van der Waals surface area (Å²) >= 11 is 0. The molecule has 0 saturated heterocycles. The molecule has 19 heavy (non-hydrogen) atoms. The van der Waals surface area contributed by atoms with Crippen molar-refractivity contribution in [3.8, 4) is 0 Å². The van der Waals surface area contributed by atoms with E-state index < -0.39 is 15.8 Å². The number of anilines is 1. The van der Waals surface area contributed by atoms with E-state index in [0.717, 1.165) is 0 Å². The molecule has 0 amide bonds. The van der Waals surface area contributed by atoms with Gasteiger partial charge in [0.2, 0.25) is 10.0 Å². The molecule has 0 heterocycles. The van der Waals surface area contributed by atoms with Crippen LogP contribution in [0.1, 0.15) is 25.0 Å². The van der Waals surface area contributed by atoms with Crippen LogP contribution in [0.4, 0.5) is 10.1 Å². The van der Waals surface area contributed by atoms with Crippen LogP contribution < -0.4 is 5.73 Å². The zero-order chi connectivity index (χ0) is 15.0. The first kappa shape index (κ1) is 15.9. The first-order chi connectivity index (χ1) is 8.59. The van der Waals surface area contributed by atoms with Gasteiger partial charge in [0.25, 0.3) is 0 Å². The Balaban J connectivity index is 3.42. The monoisotopic (exact) mass is 288 g/mol. The van der Waals surface area contributed by atoms with Gasteiger partial charge in [0.15, 0.2) is 0 Å². The maximum absolute atomic E-state index is 13.5. The summed E-state index contributed by atoms with van der Waals surface area (Å²) in [7, 11) is -2.13. The third-order valence-electron chi connectivity index (χ3n) is 2.99. The summed E-state index contributed by atoms with van der Waals surface area (Å²) in [6.45, 7) is 7.38. The van der Waals surface area contributed by atoms with E-state index in [2.05, 4.69) is 0 Å². The molecule has 0 aliphatic carbocycles. The van der Waals surface area contributed by atoms with Gasteiger partial charge in [0, 0.05) is 13.6 Å². The van der Waals surface area contributed by atoms with Crippen LogP contribution in [0.5, 0.6) is 0 Å². The van der Waals surface area contributed by atoms with Gasteiger partial charge in [-0.25, -0.2) is 17.1 Å². The summed E-state index contributed by atoms with van der Waals surface area (Å²) in [5, 5.41) is 0. The van der Waals surface area contributed by atoms with Gasteiger partial charge in [-0.2, -0.15) is 0 Å². The lowest BCUT2D eigenvalue weighted by molar-refractivity contribution is 0.416. The second-order valence-corrected chi connectivity index (χ2v) is 7.20. The van der Waals surface area contributed by atoms with Gasteiger partial charge in [-0.15, -0.1) is 0 Å². The Hall–Kier alpha value is -1.14. The Bertz CT molecular complexity index is 583. The molecule has 1 aromatic carbocycles. The number of hydrogen-bond acceptors (Lipinski definition) is 3. The van der Waals surface area contributed by atoms with Crippen LogP contribution in [0.2, 0.25) is 0 Å². The van der Waals surface area contributed by atoms with Crippen LogP contribution in [0.15, 0.2) is 11.0 Å². The van der Waals surface area contributed by atoms with E-state index >= 15 is 0 Å². The first-order valence-electron chi connectivity index (χ1n) is 6.10. The number of hydrogen-bond donors (Lipinski definition) is 1. The molecule has 0 radical (unpaired) electrons. The number of sulfonamides is 1. The molecule has 108 valence electrons. The van der Waals surface area contributed by atoms with E-state index in [-0.39, 0.29) is 22.1 Å². The standard InChI is InChI=1S/C13H21FN2O2S/c1-8(2)7-16(5)19(17,18)13-9(3)6-11(14)12(15)10(13)4/h6,8H,7,15H2,1-5H3. The zero-order valence-electron chi connectivity index (χ0n) is 12.0. The maximum atomic E-state index is 13.5. The summed E-state index contributed by atoms with van der Waals surface area (Å²) in [6, 6.07) is 1.17. The highest BCUT2D eigenvalue weighted by Crippen LogP contribution is 2.29. The average molecular weight is 288 g/mol. The normalized spacial score (nSPS) is 12.4. The molecule has 0 aromatic heterocycles. The highest BCUT2D eigenvalue weighted by Gasteiger charge is 2.27. The molecule has 0 bridgehead atoms. The smallest absolute Gasteiger partial charge is 0.243 e. The molecule has 0 unspecified atom stereocenters. The van der Waals surface area contributed by atoms with Crippen LogP contribution in [0.25, 0.3) is 0 Å². The molecule has 0 aliphatic heterocycles. The highest BCUT2D eigenvalue weighted by atomic mass is 32.2. The van der Waals surface area contributed by atoms with Gasteiger partial charge < -0.3 is 5.73 Å². The molecule has 0 saturated carbocycles. The lowest BCUT2D eigenvalue weighted by atomic mass is 10.1. The number of benzene rings is 1. The number of halogens is 1. The number of aryl methyl sites for hydroxylation is 1. The van der Waals surface area contributed by atoms with Gasteiger partial charge in [0.05, 0.1) is 10.6 Å². The van der Waals surface area contributed by atoms with Crippen molar-refractivity contribution in [1.29, 1.82) is 0 Å². The second kappa shape index (κ2) is 5.46. The number of rotatable bonds is 4. The molecule has 0 atom stereocenters. The molecular weight excluding hydrogens is 267 g/mol. The van der Waals surface area contributed by atoms with Crippen LogP contribution >= 0.6 is 0 Å². The predicted molar refractivity (Wildman–Crippen MR) is 74.9 cm³/mol. The molecule has 1 aromatic rings. The Morgan fingerprint density at radius 1 is 1.37 bits per heavy atom. The third kappa shape index (κ3) is 3.06. The topological polar surface area (TPSA) is 63.4 Å². The van der Waals surface area contributed by atoms with Gasteiger partial charge >= 0.3 is 0 Å². The molecule has 2 N–H and O–H groups in total. The number of nitrogen functional groups attached to an aromatic ring is 1. The minimum Gasteiger partial charge on any atom is -0.396 e. The highest BCUT2D eigenvalue weighted by molar-refractivity contribution is 7.89. The summed E-state index contributed by atoms with van der Waals surface area (Å²) in [4.78, 5) is 0.106. The largest absolute Gasteiger partial charge is 0.396 e. The maximum Gasteiger partial charge on any atom is 0.243 e. The van der Waals surface area contributed by atoms with Crippen molar-refractivity contribution in [2.75, 3.05) is 19.3 Å². The fourth-order valence-corrected chi connectivity index (χ4v) is 3.86. The average Bonchev–Trinajstić information content (AvgIpc) is 2.24. The van der Waals surface area contributed by atoms with E-state index in [1.807, 2.05) is 13.8 Å². The molecule has 0 spiro atoms. The van der Waals surface area contributed by atoms with Crippen molar-refractivity contribution in [2.24, 2.45) is 5.92 Å². The van der Waals surface area contributed by atoms with Gasteiger partial charge in [0.1, 0.15) is 5.82 Å². The molecule has 6 heteroatoms. The fraction of sp³-hybridized carbons (Fsp3) is 0.538. The van der Waals surface area contributed by atoms with Gasteiger partial charge in [-0.05, 0) is 37.0 Å². The quantitative estimate of drug-likeness (QED) is 0.865. The van der Waals surface area contributed by atoms with E-state index in [9.17, 15) is 12.8 Å². The number of nitrogens with two attached hydrogens (primary N) is 1. The SMILES string of the molecule is Cc1cc(F)c(N)c(C)c1S(=O)(=O)N(C)CC(C)C. The van der Waals surface area contributed by atoms with Gasteiger partial charge in [-0.1, -0.05) is 13.8 Å². The molecule has 1 rings (SSSR count). The lowest BCUT2D eigenvalue weighted by Gasteiger charge is -2.22. The first-order valence-corrected chi connectivity index (χ1v) is 7.54. The predicted octanol–water partition coefficient (Wildman–Crippen LogP) is 2.30. The van der Waals surface area contributed by atoms with Crippen molar-refractivity contribution >= 4 is 15.7 Å². The van der Waals surface area contributed by atoms with Crippen LogP contribution in [0.3, 0.4) is 0 Å². The summed E-state index contributed by atoms with van der Waals surface area (Å²) in [5.74, 6) is -0.376. The lowest BCUT2D eigenvalue weighted by Crippen LogP contribution is -2.31. The number of nitrogens with zero attached hydrogens (tertiary/aromatic N) is 1. The molecular formula is C13H21FN2O2S. The van der Waals surface area contributed by atoms with Crippen molar-refractivity contribution in [3.63, 3.8) is 0 Å². The second-order valence-electron chi connectivity index (χ2n) is 5.22. The summed E-state index contributed by atoms with van der Waals surface area (Å²) in [5.41, 5.74) is 6.13. The van der Waals surface area contributed by atoms with Crippen LogP contribution in [0, 0.1) is 25.6 Å². The fourth-order valence-electron chi connectivity index (χ4n) is 2.10. The molecule has 0 aliphatic rings. The minimum absolute atomic E-state index is 0.106. The van der Waals surface area contributed by atoms with E-state index in [0.29, 0.717) is 12.1 Å².